The predicted molar refractivity (Wildman–Crippen MR) is 66.9 cm³/mol. The summed E-state index contributed by atoms with van der Waals surface area (Å²) < 4.78 is 1.58. The molecule has 0 amide bonds. The van der Waals surface area contributed by atoms with Crippen LogP contribution in [0.5, 0.6) is 0 Å². The molecule has 0 bridgehead atoms. The molecule has 0 atom stereocenters. The number of hydrogen-bond acceptors (Lipinski definition) is 4. The number of hydrogen-bond donors (Lipinski definition) is 0. The highest BCUT2D eigenvalue weighted by Gasteiger charge is 2.12. The molecule has 0 spiro atoms. The van der Waals surface area contributed by atoms with Crippen molar-refractivity contribution in [3.8, 4) is 0 Å². The van der Waals surface area contributed by atoms with E-state index in [4.69, 9.17) is 11.6 Å². The monoisotopic (exact) mass is 278 g/mol. The van der Waals surface area contributed by atoms with Crippen molar-refractivity contribution >= 4 is 23.1 Å². The highest BCUT2D eigenvalue weighted by Crippen LogP contribution is 2.12. The van der Waals surface area contributed by atoms with Gasteiger partial charge >= 0.3 is 0 Å². The van der Waals surface area contributed by atoms with Crippen molar-refractivity contribution in [2.24, 2.45) is 0 Å². The van der Waals surface area contributed by atoms with Crippen molar-refractivity contribution in [1.29, 1.82) is 0 Å². The molecule has 2 aromatic rings. The Kier molecular flexibility index (Phi) is 3.82. The molecule has 1 heterocycles. The fraction of sp³-hybridized carbons (Fsp3) is 0.0833. The van der Waals surface area contributed by atoms with Gasteiger partial charge in [0.1, 0.15) is 0 Å². The molecule has 1 aromatic heterocycles. The maximum Gasteiger partial charge on any atom is 0.288 e. The molecule has 0 N–H and O–H groups in total. The third-order valence-electron chi connectivity index (χ3n) is 2.46. The molecule has 0 saturated heterocycles. The smallest absolute Gasteiger partial charge is 0.288 e. The van der Waals surface area contributed by atoms with Gasteiger partial charge in [-0.3, -0.25) is 14.9 Å². The SMILES string of the molecule is O=C(C[n+]1ccc(Cl)nc1)c1ccc([N+](=O)[O-])cc1. The van der Waals surface area contributed by atoms with Crippen LogP contribution in [0.1, 0.15) is 10.4 Å². The van der Waals surface area contributed by atoms with Crippen LogP contribution in [0.4, 0.5) is 5.69 Å². The van der Waals surface area contributed by atoms with Gasteiger partial charge in [-0.25, -0.2) is 4.57 Å². The van der Waals surface area contributed by atoms with E-state index in [0.29, 0.717) is 10.7 Å². The number of aromatic nitrogens is 2. The molecular weight excluding hydrogens is 270 g/mol. The Labute approximate surface area is 113 Å². The molecule has 19 heavy (non-hydrogen) atoms. The zero-order chi connectivity index (χ0) is 13.8. The normalized spacial score (nSPS) is 10.2. The summed E-state index contributed by atoms with van der Waals surface area (Å²) in [6.07, 6.45) is 3.09. The summed E-state index contributed by atoms with van der Waals surface area (Å²) in [5.41, 5.74) is 0.366. The lowest BCUT2D eigenvalue weighted by molar-refractivity contribution is -0.686. The third kappa shape index (κ3) is 3.32. The molecule has 0 fully saturated rings. The van der Waals surface area contributed by atoms with E-state index in [0.717, 1.165) is 0 Å². The molecule has 7 heteroatoms. The molecule has 0 aliphatic heterocycles. The Morgan fingerprint density at radius 1 is 1.32 bits per heavy atom. The minimum Gasteiger partial charge on any atom is -0.290 e. The maximum atomic E-state index is 11.9. The third-order valence-corrected chi connectivity index (χ3v) is 2.68. The van der Waals surface area contributed by atoms with Gasteiger partial charge in [-0.2, -0.15) is 0 Å². The number of rotatable bonds is 4. The van der Waals surface area contributed by atoms with Gasteiger partial charge in [0.15, 0.2) is 6.54 Å². The minimum absolute atomic E-state index is 0.0441. The van der Waals surface area contributed by atoms with E-state index < -0.39 is 4.92 Å². The van der Waals surface area contributed by atoms with Crippen molar-refractivity contribution in [2.45, 2.75) is 6.54 Å². The van der Waals surface area contributed by atoms with Crippen molar-refractivity contribution in [3.63, 3.8) is 0 Å². The molecule has 0 aliphatic rings. The zero-order valence-electron chi connectivity index (χ0n) is 9.69. The summed E-state index contributed by atoms with van der Waals surface area (Å²) in [4.78, 5) is 25.8. The Hall–Kier alpha value is -2.34. The lowest BCUT2D eigenvalue weighted by atomic mass is 10.1. The first-order valence-electron chi connectivity index (χ1n) is 5.34. The Balaban J connectivity index is 2.11. The Morgan fingerprint density at radius 2 is 2.00 bits per heavy atom. The van der Waals surface area contributed by atoms with E-state index >= 15 is 0 Å². The summed E-state index contributed by atoms with van der Waals surface area (Å²) in [6.45, 7) is 0.0992. The molecule has 0 unspecified atom stereocenters. The van der Waals surface area contributed by atoms with E-state index in [1.54, 1.807) is 16.8 Å². The van der Waals surface area contributed by atoms with Crippen LogP contribution >= 0.6 is 11.6 Å². The fourth-order valence-electron chi connectivity index (χ4n) is 1.49. The van der Waals surface area contributed by atoms with E-state index in [-0.39, 0.29) is 18.0 Å². The van der Waals surface area contributed by atoms with Gasteiger partial charge in [0.05, 0.1) is 11.1 Å². The van der Waals surface area contributed by atoms with Gasteiger partial charge in [0.2, 0.25) is 10.9 Å². The van der Waals surface area contributed by atoms with Crippen LogP contribution < -0.4 is 4.57 Å². The van der Waals surface area contributed by atoms with Crippen molar-refractivity contribution in [2.75, 3.05) is 0 Å². The van der Waals surface area contributed by atoms with Gasteiger partial charge in [-0.15, -0.1) is 0 Å². The zero-order valence-corrected chi connectivity index (χ0v) is 10.4. The van der Waals surface area contributed by atoms with Gasteiger partial charge in [-0.05, 0) is 28.7 Å². The number of carbonyl (C=O) groups excluding carboxylic acids is 1. The molecule has 0 radical (unpaired) electrons. The summed E-state index contributed by atoms with van der Waals surface area (Å²) in [7, 11) is 0. The summed E-state index contributed by atoms with van der Waals surface area (Å²) in [5.74, 6) is -0.163. The van der Waals surface area contributed by atoms with E-state index in [9.17, 15) is 14.9 Å². The average molecular weight is 279 g/mol. The Bertz CT molecular complexity index is 611. The number of nitro benzene ring substituents is 1. The van der Waals surface area contributed by atoms with E-state index in [1.165, 1.54) is 30.6 Å². The van der Waals surface area contributed by atoms with Crippen molar-refractivity contribution in [1.82, 2.24) is 4.98 Å². The molecule has 0 aliphatic carbocycles. The molecule has 1 aromatic carbocycles. The van der Waals surface area contributed by atoms with Crippen LogP contribution in [0.25, 0.3) is 0 Å². The predicted octanol–water partition coefficient (Wildman–Crippen LogP) is 1.81. The summed E-state index contributed by atoms with van der Waals surface area (Å²) in [5, 5.41) is 10.8. The molecule has 96 valence electrons. The number of nitro groups is 1. The second kappa shape index (κ2) is 5.53. The van der Waals surface area contributed by atoms with E-state index in [1.807, 2.05) is 0 Å². The largest absolute Gasteiger partial charge is 0.290 e. The number of nitrogens with zero attached hydrogens (tertiary/aromatic N) is 3. The van der Waals surface area contributed by atoms with Crippen LogP contribution in [0.3, 0.4) is 0 Å². The second-order valence-electron chi connectivity index (χ2n) is 3.78. The number of ketones is 1. The van der Waals surface area contributed by atoms with Gasteiger partial charge in [0, 0.05) is 23.8 Å². The van der Waals surface area contributed by atoms with Crippen molar-refractivity contribution < 1.29 is 14.3 Å². The standard InChI is InChI=1S/C12H9ClN3O3/c13-12-5-6-15(8-14-12)7-11(17)9-1-3-10(4-2-9)16(18)19/h1-6,8H,7H2/q+1. The van der Waals surface area contributed by atoms with Crippen LogP contribution in [-0.4, -0.2) is 15.7 Å². The molecule has 0 saturated carbocycles. The number of halogens is 1. The fourth-order valence-corrected chi connectivity index (χ4v) is 1.59. The number of Topliss-reactive ketones (excluding diaryl/α,β-unsaturated/α-hetero) is 1. The molecule has 2 rings (SSSR count). The number of benzene rings is 1. The first-order chi connectivity index (χ1) is 9.06. The second-order valence-corrected chi connectivity index (χ2v) is 4.17. The summed E-state index contributed by atoms with van der Waals surface area (Å²) in [6, 6.07) is 7.05. The Morgan fingerprint density at radius 3 is 2.53 bits per heavy atom. The highest BCUT2D eigenvalue weighted by atomic mass is 35.5. The number of carbonyl (C=O) groups is 1. The highest BCUT2D eigenvalue weighted by molar-refractivity contribution is 6.29. The average Bonchev–Trinajstić information content (AvgIpc) is 2.41. The quantitative estimate of drug-likeness (QED) is 0.281. The lowest BCUT2D eigenvalue weighted by Gasteiger charge is -1.99. The van der Waals surface area contributed by atoms with Crippen LogP contribution in [-0.2, 0) is 6.54 Å². The molecule has 6 nitrogen and oxygen atoms in total. The van der Waals surface area contributed by atoms with Crippen molar-refractivity contribution in [3.05, 3.63) is 63.7 Å². The first-order valence-corrected chi connectivity index (χ1v) is 5.72. The van der Waals surface area contributed by atoms with Crippen LogP contribution in [0.15, 0.2) is 42.9 Å². The van der Waals surface area contributed by atoms with E-state index in [2.05, 4.69) is 4.98 Å². The van der Waals surface area contributed by atoms with Crippen LogP contribution in [0, 0.1) is 10.1 Å². The summed E-state index contributed by atoms with van der Waals surface area (Å²) >= 11 is 5.64. The maximum absolute atomic E-state index is 11.9. The lowest BCUT2D eigenvalue weighted by Crippen LogP contribution is -2.37. The van der Waals surface area contributed by atoms with Gasteiger partial charge in [-0.1, -0.05) is 0 Å². The first kappa shape index (κ1) is 13.1. The molecular formula is C12H9ClN3O3+. The van der Waals surface area contributed by atoms with Crippen LogP contribution in [0.2, 0.25) is 5.15 Å². The minimum atomic E-state index is -0.508. The van der Waals surface area contributed by atoms with Gasteiger partial charge < -0.3 is 0 Å². The number of non-ortho nitro benzene ring substituents is 1. The van der Waals surface area contributed by atoms with Gasteiger partial charge in [0.25, 0.3) is 12.0 Å². The topological polar surface area (TPSA) is 77.0 Å².